The standard InChI is InChI=1S/C35H36ClF3N6O8S/c36-28-4-2-1-3-27(28)32(33(48)43-24-19-35(38,39)20-24)44(34(49)29-5-6-31(47)45(29)30-15-22(21-40)7-8-41-30)25-16-23(37)17-26(18-25)54(50,51)42-9-11-52-13-14-53-12-10-46/h1-4,7-8,15-18,24,29,32,42,46H,5-6,9-14,19-20H2,(H,43,48). The average molecular weight is 793 g/mol. The molecular formula is C35H36ClF3N6O8S. The van der Waals surface area contributed by atoms with E-state index in [2.05, 4.69) is 15.0 Å². The number of pyridine rings is 1. The Kier molecular flexibility index (Phi) is 13.3. The smallest absolute Gasteiger partial charge is 0.252 e. The molecule has 288 valence electrons. The van der Waals surface area contributed by atoms with Crippen molar-refractivity contribution in [3.05, 3.63) is 82.8 Å². The van der Waals surface area contributed by atoms with Crippen molar-refractivity contribution in [1.82, 2.24) is 15.0 Å². The second kappa shape index (κ2) is 17.7. The van der Waals surface area contributed by atoms with E-state index in [0.717, 1.165) is 21.9 Å². The predicted molar refractivity (Wildman–Crippen MR) is 188 cm³/mol. The van der Waals surface area contributed by atoms with Gasteiger partial charge in [0.15, 0.2) is 0 Å². The number of rotatable bonds is 17. The summed E-state index contributed by atoms with van der Waals surface area (Å²) in [6.45, 7) is -0.168. The summed E-state index contributed by atoms with van der Waals surface area (Å²) in [5.41, 5.74) is -0.320. The number of amides is 3. The molecule has 0 bridgehead atoms. The van der Waals surface area contributed by atoms with Crippen LogP contribution in [0.15, 0.2) is 65.7 Å². The van der Waals surface area contributed by atoms with Crippen LogP contribution in [0.5, 0.6) is 0 Å². The minimum atomic E-state index is -4.49. The number of carbonyl (C=O) groups is 3. The number of aromatic nitrogens is 1. The van der Waals surface area contributed by atoms with Gasteiger partial charge in [0, 0.05) is 54.3 Å². The Hall–Kier alpha value is -4.64. The fourth-order valence-corrected chi connectivity index (χ4v) is 7.39. The Morgan fingerprint density at radius 1 is 1.11 bits per heavy atom. The SMILES string of the molecule is N#Cc1ccnc(N2C(=O)CCC2C(=O)N(c2cc(F)cc(S(=O)(=O)NCCOCCOCCO)c2)C(C(=O)NC2CC(F)(F)C2)c2ccccc2Cl)c1. The van der Waals surface area contributed by atoms with Crippen molar-refractivity contribution in [3.8, 4) is 6.07 Å². The summed E-state index contributed by atoms with van der Waals surface area (Å²) in [5, 5.41) is 20.7. The highest BCUT2D eigenvalue weighted by molar-refractivity contribution is 7.89. The van der Waals surface area contributed by atoms with E-state index in [4.69, 9.17) is 26.2 Å². The van der Waals surface area contributed by atoms with E-state index in [-0.39, 0.29) is 74.4 Å². The number of hydrogen-bond donors (Lipinski definition) is 3. The average Bonchev–Trinajstić information content (AvgIpc) is 3.51. The number of nitrogens with one attached hydrogen (secondary N) is 2. The molecule has 1 saturated heterocycles. The molecule has 2 fully saturated rings. The summed E-state index contributed by atoms with van der Waals surface area (Å²) in [4.78, 5) is 47.7. The van der Waals surface area contributed by atoms with Crippen molar-refractivity contribution in [2.45, 2.75) is 54.6 Å². The summed E-state index contributed by atoms with van der Waals surface area (Å²) in [6, 6.07) is 8.73. The first-order valence-corrected chi connectivity index (χ1v) is 18.6. The highest BCUT2D eigenvalue weighted by atomic mass is 35.5. The van der Waals surface area contributed by atoms with Gasteiger partial charge in [-0.25, -0.2) is 31.3 Å². The summed E-state index contributed by atoms with van der Waals surface area (Å²) >= 11 is 6.57. The van der Waals surface area contributed by atoms with Crippen molar-refractivity contribution in [1.29, 1.82) is 5.26 Å². The molecule has 1 aliphatic carbocycles. The third kappa shape index (κ3) is 9.71. The molecule has 2 unspecified atom stereocenters. The van der Waals surface area contributed by atoms with Gasteiger partial charge < -0.3 is 19.9 Å². The number of ether oxygens (including phenoxy) is 2. The van der Waals surface area contributed by atoms with E-state index < -0.39 is 81.0 Å². The lowest BCUT2D eigenvalue weighted by Gasteiger charge is -2.39. The summed E-state index contributed by atoms with van der Waals surface area (Å²) < 4.78 is 82.8. The molecule has 3 N–H and O–H groups in total. The van der Waals surface area contributed by atoms with Crippen LogP contribution in [0.3, 0.4) is 0 Å². The van der Waals surface area contributed by atoms with E-state index in [1.807, 2.05) is 6.07 Å². The maximum atomic E-state index is 15.5. The predicted octanol–water partition coefficient (Wildman–Crippen LogP) is 3.23. The van der Waals surface area contributed by atoms with Crippen LogP contribution in [0.2, 0.25) is 5.02 Å². The third-order valence-electron chi connectivity index (χ3n) is 8.59. The fourth-order valence-electron chi connectivity index (χ4n) is 6.09. The highest BCUT2D eigenvalue weighted by Crippen LogP contribution is 2.40. The van der Waals surface area contributed by atoms with Gasteiger partial charge in [0.05, 0.1) is 49.6 Å². The van der Waals surface area contributed by atoms with Crippen LogP contribution in [0.1, 0.15) is 42.9 Å². The number of nitriles is 1. The highest BCUT2D eigenvalue weighted by Gasteiger charge is 2.49. The van der Waals surface area contributed by atoms with Crippen LogP contribution in [0.25, 0.3) is 0 Å². The number of benzene rings is 2. The summed E-state index contributed by atoms with van der Waals surface area (Å²) in [6.07, 6.45) is -0.376. The molecule has 2 aliphatic rings. The lowest BCUT2D eigenvalue weighted by Crippen LogP contribution is -2.56. The maximum absolute atomic E-state index is 15.5. The van der Waals surface area contributed by atoms with E-state index in [1.165, 1.54) is 42.6 Å². The minimum Gasteiger partial charge on any atom is -0.394 e. The zero-order valence-electron chi connectivity index (χ0n) is 28.6. The van der Waals surface area contributed by atoms with Gasteiger partial charge in [-0.1, -0.05) is 29.8 Å². The monoisotopic (exact) mass is 792 g/mol. The van der Waals surface area contributed by atoms with Crippen molar-refractivity contribution in [2.24, 2.45) is 0 Å². The molecule has 1 aliphatic heterocycles. The van der Waals surface area contributed by atoms with E-state index in [0.29, 0.717) is 6.07 Å². The number of aliphatic hydroxyl groups is 1. The van der Waals surface area contributed by atoms with E-state index in [9.17, 15) is 36.8 Å². The Morgan fingerprint density at radius 2 is 1.83 bits per heavy atom. The van der Waals surface area contributed by atoms with Gasteiger partial charge in [0.2, 0.25) is 21.8 Å². The molecule has 0 spiro atoms. The first-order valence-electron chi connectivity index (χ1n) is 16.7. The number of nitrogens with zero attached hydrogens (tertiary/aromatic N) is 4. The molecule has 54 heavy (non-hydrogen) atoms. The second-order valence-corrected chi connectivity index (χ2v) is 14.6. The molecular weight excluding hydrogens is 757 g/mol. The molecule has 2 aromatic carbocycles. The largest absolute Gasteiger partial charge is 0.394 e. The second-order valence-electron chi connectivity index (χ2n) is 12.4. The van der Waals surface area contributed by atoms with Gasteiger partial charge in [-0.2, -0.15) is 5.26 Å². The number of carbonyl (C=O) groups excluding carboxylic acids is 3. The molecule has 1 saturated carbocycles. The van der Waals surface area contributed by atoms with E-state index in [1.54, 1.807) is 0 Å². The topological polar surface area (TPSA) is 191 Å². The van der Waals surface area contributed by atoms with Crippen LogP contribution < -0.4 is 19.8 Å². The van der Waals surface area contributed by atoms with Crippen molar-refractivity contribution in [3.63, 3.8) is 0 Å². The Bertz CT molecular complexity index is 2010. The Balaban J connectivity index is 1.57. The lowest BCUT2D eigenvalue weighted by molar-refractivity contribution is -0.133. The lowest BCUT2D eigenvalue weighted by atomic mass is 9.87. The van der Waals surface area contributed by atoms with Crippen LogP contribution in [-0.2, 0) is 33.9 Å². The molecule has 3 amide bonds. The zero-order valence-corrected chi connectivity index (χ0v) is 30.2. The van der Waals surface area contributed by atoms with Crippen molar-refractivity contribution >= 4 is 50.9 Å². The summed E-state index contributed by atoms with van der Waals surface area (Å²) in [5.74, 6) is -6.73. The number of alkyl halides is 2. The molecule has 14 nitrogen and oxygen atoms in total. The van der Waals surface area contributed by atoms with Crippen LogP contribution in [0, 0.1) is 17.1 Å². The molecule has 19 heteroatoms. The Morgan fingerprint density at radius 3 is 2.52 bits per heavy atom. The van der Waals surface area contributed by atoms with Crippen LogP contribution in [-0.4, -0.2) is 93.8 Å². The van der Waals surface area contributed by atoms with Crippen LogP contribution >= 0.6 is 11.6 Å². The number of sulfonamides is 1. The quantitative estimate of drug-likeness (QED) is 0.171. The molecule has 1 aromatic heterocycles. The maximum Gasteiger partial charge on any atom is 0.252 e. The number of hydrogen-bond acceptors (Lipinski definition) is 10. The molecule has 2 atom stereocenters. The van der Waals surface area contributed by atoms with Gasteiger partial charge in [-0.05, 0) is 42.8 Å². The number of halogens is 4. The van der Waals surface area contributed by atoms with Gasteiger partial charge >= 0.3 is 0 Å². The molecule has 2 heterocycles. The summed E-state index contributed by atoms with van der Waals surface area (Å²) in [7, 11) is -4.49. The molecule has 0 radical (unpaired) electrons. The number of aliphatic hydroxyl groups excluding tert-OH is 1. The van der Waals surface area contributed by atoms with Gasteiger partial charge in [0.25, 0.3) is 11.8 Å². The third-order valence-corrected chi connectivity index (χ3v) is 10.4. The van der Waals surface area contributed by atoms with Gasteiger partial charge in [-0.3, -0.25) is 24.2 Å². The zero-order chi connectivity index (χ0) is 39.0. The van der Waals surface area contributed by atoms with Crippen molar-refractivity contribution < 1.29 is 50.6 Å². The Labute approximate surface area is 313 Å². The normalized spacial score (nSPS) is 17.4. The molecule has 3 aromatic rings. The van der Waals surface area contributed by atoms with Gasteiger partial charge in [0.1, 0.15) is 23.7 Å². The fraction of sp³-hybridized carbons (Fsp3) is 0.400. The van der Waals surface area contributed by atoms with Crippen LogP contribution in [0.4, 0.5) is 24.7 Å². The minimum absolute atomic E-state index is 0.0107. The number of anilines is 2. The van der Waals surface area contributed by atoms with Crippen molar-refractivity contribution in [2.75, 3.05) is 49.4 Å². The first kappa shape index (κ1) is 40.5. The first-order chi connectivity index (χ1) is 25.7. The molecule has 5 rings (SSSR count). The van der Waals surface area contributed by atoms with Gasteiger partial charge in [-0.15, -0.1) is 0 Å². The van der Waals surface area contributed by atoms with E-state index >= 15 is 4.39 Å².